The number of hydrogen-bond donors (Lipinski definition) is 1. The number of nitrogens with zero attached hydrogens (tertiary/aromatic N) is 4. The molecule has 3 aliphatic heterocycles. The number of carbonyl (C=O) groups is 2. The van der Waals surface area contributed by atoms with Gasteiger partial charge in [-0.25, -0.2) is 4.79 Å². The van der Waals surface area contributed by atoms with E-state index < -0.39 is 11.7 Å². The Morgan fingerprint density at radius 2 is 1.32 bits per heavy atom. The summed E-state index contributed by atoms with van der Waals surface area (Å²) in [4.78, 5) is 34.2. The summed E-state index contributed by atoms with van der Waals surface area (Å²) in [7, 11) is 0. The van der Waals surface area contributed by atoms with Gasteiger partial charge in [0.15, 0.2) is 11.5 Å². The highest BCUT2D eigenvalue weighted by atomic mass is 19.4. The van der Waals surface area contributed by atoms with Crippen LogP contribution in [0.4, 0.5) is 23.7 Å². The lowest BCUT2D eigenvalue weighted by atomic mass is 10.1. The fourth-order valence-corrected chi connectivity index (χ4v) is 5.69. The van der Waals surface area contributed by atoms with Crippen molar-refractivity contribution in [1.82, 2.24) is 19.6 Å². The minimum Gasteiger partial charge on any atom is -0.454 e. The standard InChI is InChI=1S/C32H34F3N5O4/c33-32(34,35)26-7-4-23(5-8-26)20-37-12-16-40(17-13-37)31(42)36-27-3-1-2-25(19-27)30(41)39-14-10-38(11-15-39)21-24-6-9-28-29(18-24)44-22-43-28/h1-9,18-19H,10-17,20-22H2,(H,36,42). The van der Waals surface area contributed by atoms with Crippen molar-refractivity contribution in [2.45, 2.75) is 19.3 Å². The summed E-state index contributed by atoms with van der Waals surface area (Å²) in [5.41, 5.74) is 2.34. The normalized spacial score (nSPS) is 17.5. The summed E-state index contributed by atoms with van der Waals surface area (Å²) in [6, 6.07) is 17.9. The lowest BCUT2D eigenvalue weighted by Gasteiger charge is -2.35. The average molecular weight is 610 g/mol. The van der Waals surface area contributed by atoms with Gasteiger partial charge in [0.05, 0.1) is 5.56 Å². The van der Waals surface area contributed by atoms with Crippen molar-refractivity contribution in [2.24, 2.45) is 0 Å². The van der Waals surface area contributed by atoms with Crippen LogP contribution in [0.15, 0.2) is 66.7 Å². The van der Waals surface area contributed by atoms with Crippen molar-refractivity contribution in [2.75, 3.05) is 64.5 Å². The molecule has 3 heterocycles. The largest absolute Gasteiger partial charge is 0.454 e. The fraction of sp³-hybridized carbons (Fsp3) is 0.375. The fourth-order valence-electron chi connectivity index (χ4n) is 5.69. The number of rotatable bonds is 6. The van der Waals surface area contributed by atoms with Crippen LogP contribution in [0.1, 0.15) is 27.0 Å². The Labute approximate surface area is 253 Å². The molecule has 2 saturated heterocycles. The maximum Gasteiger partial charge on any atom is 0.416 e. The monoisotopic (exact) mass is 609 g/mol. The first-order chi connectivity index (χ1) is 21.2. The van der Waals surface area contributed by atoms with E-state index in [1.54, 1.807) is 29.2 Å². The van der Waals surface area contributed by atoms with Gasteiger partial charge in [-0.1, -0.05) is 24.3 Å². The molecule has 9 nitrogen and oxygen atoms in total. The van der Waals surface area contributed by atoms with E-state index in [1.165, 1.54) is 12.1 Å². The Morgan fingerprint density at radius 3 is 2.00 bits per heavy atom. The topological polar surface area (TPSA) is 77.6 Å². The van der Waals surface area contributed by atoms with Crippen LogP contribution in [0.5, 0.6) is 11.5 Å². The predicted octanol–water partition coefficient (Wildman–Crippen LogP) is 4.74. The minimum absolute atomic E-state index is 0.0688. The molecule has 0 aromatic heterocycles. The highest BCUT2D eigenvalue weighted by Crippen LogP contribution is 2.33. The van der Waals surface area contributed by atoms with Crippen LogP contribution >= 0.6 is 0 Å². The molecule has 0 atom stereocenters. The van der Waals surface area contributed by atoms with Crippen LogP contribution in [0.2, 0.25) is 0 Å². The smallest absolute Gasteiger partial charge is 0.416 e. The third-order valence-corrected chi connectivity index (χ3v) is 8.21. The summed E-state index contributed by atoms with van der Waals surface area (Å²) in [6.45, 7) is 6.44. The molecule has 3 aliphatic rings. The number of hydrogen-bond acceptors (Lipinski definition) is 6. The molecule has 1 N–H and O–H groups in total. The molecule has 44 heavy (non-hydrogen) atoms. The van der Waals surface area contributed by atoms with Gasteiger partial charge in [0.2, 0.25) is 6.79 Å². The molecule has 0 saturated carbocycles. The van der Waals surface area contributed by atoms with Gasteiger partial charge in [-0.05, 0) is 53.6 Å². The molecule has 3 aromatic carbocycles. The average Bonchev–Trinajstić information content (AvgIpc) is 3.49. The van der Waals surface area contributed by atoms with E-state index in [-0.39, 0.29) is 18.7 Å². The SMILES string of the molecule is O=C(Nc1cccc(C(=O)N2CCN(Cc3ccc4c(c3)OCO4)CC2)c1)N1CCN(Cc2ccc(C(F)(F)F)cc2)CC1. The number of piperazine rings is 2. The van der Waals surface area contributed by atoms with Gasteiger partial charge in [0.1, 0.15) is 0 Å². The Hall–Kier alpha value is -4.29. The first-order valence-corrected chi connectivity index (χ1v) is 14.7. The van der Waals surface area contributed by atoms with Crippen molar-refractivity contribution in [3.8, 4) is 11.5 Å². The first-order valence-electron chi connectivity index (χ1n) is 14.7. The van der Waals surface area contributed by atoms with Crippen LogP contribution in [-0.2, 0) is 19.3 Å². The molecule has 0 aliphatic carbocycles. The summed E-state index contributed by atoms with van der Waals surface area (Å²) in [5, 5.41) is 2.91. The molecule has 0 bridgehead atoms. The van der Waals surface area contributed by atoms with E-state index in [2.05, 4.69) is 15.1 Å². The quantitative estimate of drug-likeness (QED) is 0.435. The van der Waals surface area contributed by atoms with Gasteiger partial charge in [-0.3, -0.25) is 14.6 Å². The molecule has 0 radical (unpaired) electrons. The van der Waals surface area contributed by atoms with Gasteiger partial charge >= 0.3 is 12.2 Å². The number of alkyl halides is 3. The maximum atomic E-state index is 13.3. The van der Waals surface area contributed by atoms with Gasteiger partial charge in [0.25, 0.3) is 5.91 Å². The number of urea groups is 1. The molecule has 2 fully saturated rings. The number of amides is 3. The summed E-state index contributed by atoms with van der Waals surface area (Å²) in [5.74, 6) is 1.46. The summed E-state index contributed by atoms with van der Waals surface area (Å²) in [6.07, 6.45) is -4.35. The van der Waals surface area contributed by atoms with Crippen molar-refractivity contribution in [3.05, 3.63) is 89.0 Å². The molecule has 3 amide bonds. The molecule has 12 heteroatoms. The van der Waals surface area contributed by atoms with Crippen LogP contribution in [0.25, 0.3) is 0 Å². The number of anilines is 1. The summed E-state index contributed by atoms with van der Waals surface area (Å²) >= 11 is 0. The van der Waals surface area contributed by atoms with E-state index >= 15 is 0 Å². The second-order valence-electron chi connectivity index (χ2n) is 11.2. The van der Waals surface area contributed by atoms with Crippen molar-refractivity contribution >= 4 is 17.6 Å². The zero-order valence-corrected chi connectivity index (χ0v) is 24.2. The van der Waals surface area contributed by atoms with Crippen LogP contribution < -0.4 is 14.8 Å². The Balaban J connectivity index is 0.957. The van der Waals surface area contributed by atoms with Crippen LogP contribution in [-0.4, -0.2) is 90.7 Å². The lowest BCUT2D eigenvalue weighted by molar-refractivity contribution is -0.137. The Kier molecular flexibility index (Phi) is 8.62. The van der Waals surface area contributed by atoms with Crippen molar-refractivity contribution in [3.63, 3.8) is 0 Å². The predicted molar refractivity (Wildman–Crippen MR) is 158 cm³/mol. The van der Waals surface area contributed by atoms with E-state index in [0.717, 1.165) is 54.4 Å². The highest BCUT2D eigenvalue weighted by Gasteiger charge is 2.30. The number of halogens is 3. The van der Waals surface area contributed by atoms with E-state index in [0.29, 0.717) is 57.1 Å². The molecule has 6 rings (SSSR count). The zero-order chi connectivity index (χ0) is 30.7. The third-order valence-electron chi connectivity index (χ3n) is 8.21. The van der Waals surface area contributed by atoms with Crippen molar-refractivity contribution < 1.29 is 32.2 Å². The zero-order valence-electron chi connectivity index (χ0n) is 24.2. The lowest BCUT2D eigenvalue weighted by Crippen LogP contribution is -2.49. The van der Waals surface area contributed by atoms with E-state index in [1.807, 2.05) is 23.1 Å². The summed E-state index contributed by atoms with van der Waals surface area (Å²) < 4.78 is 49.3. The van der Waals surface area contributed by atoms with Crippen molar-refractivity contribution in [1.29, 1.82) is 0 Å². The van der Waals surface area contributed by atoms with Crippen LogP contribution in [0, 0.1) is 0 Å². The maximum absolute atomic E-state index is 13.3. The van der Waals surface area contributed by atoms with Gasteiger partial charge in [-0.2, -0.15) is 13.2 Å². The van der Waals surface area contributed by atoms with Crippen LogP contribution in [0.3, 0.4) is 0 Å². The molecular weight excluding hydrogens is 575 g/mol. The van der Waals surface area contributed by atoms with Gasteiger partial charge < -0.3 is 24.6 Å². The van der Waals surface area contributed by atoms with E-state index in [4.69, 9.17) is 9.47 Å². The third kappa shape index (κ3) is 7.08. The number of fused-ring (bicyclic) bond motifs is 1. The second-order valence-corrected chi connectivity index (χ2v) is 11.2. The molecule has 232 valence electrons. The molecule has 3 aromatic rings. The molecule has 0 spiro atoms. The Bertz CT molecular complexity index is 1480. The Morgan fingerprint density at radius 1 is 0.705 bits per heavy atom. The number of nitrogens with one attached hydrogen (secondary N) is 1. The molecule has 0 unspecified atom stereocenters. The highest BCUT2D eigenvalue weighted by molar-refractivity contribution is 5.97. The van der Waals surface area contributed by atoms with Gasteiger partial charge in [0, 0.05) is 76.7 Å². The number of carbonyl (C=O) groups excluding carboxylic acids is 2. The number of ether oxygens (including phenoxy) is 2. The molecular formula is C32H34F3N5O4. The van der Waals surface area contributed by atoms with Gasteiger partial charge in [-0.15, -0.1) is 0 Å². The second kappa shape index (κ2) is 12.7. The number of benzene rings is 3. The first kappa shape index (κ1) is 29.8. The minimum atomic E-state index is -4.35. The van der Waals surface area contributed by atoms with E-state index in [9.17, 15) is 22.8 Å².